The molecular formula is C29H29N3O. The van der Waals surface area contributed by atoms with Gasteiger partial charge in [0, 0.05) is 47.8 Å². The molecule has 4 heteroatoms. The highest BCUT2D eigenvalue weighted by molar-refractivity contribution is 5.99. The monoisotopic (exact) mass is 435 g/mol. The van der Waals surface area contributed by atoms with Gasteiger partial charge in [0.1, 0.15) is 0 Å². The lowest BCUT2D eigenvalue weighted by Crippen LogP contribution is -2.27. The second kappa shape index (κ2) is 7.89. The number of aromatic amines is 1. The van der Waals surface area contributed by atoms with Crippen molar-refractivity contribution >= 4 is 16.8 Å². The molecule has 1 aromatic heterocycles. The number of hydrogen-bond acceptors (Lipinski definition) is 2. The van der Waals surface area contributed by atoms with Crippen LogP contribution in [0.15, 0.2) is 66.7 Å². The molecule has 0 saturated heterocycles. The summed E-state index contributed by atoms with van der Waals surface area (Å²) >= 11 is 0. The van der Waals surface area contributed by atoms with Gasteiger partial charge >= 0.3 is 0 Å². The molecule has 2 atom stereocenters. The fourth-order valence-corrected chi connectivity index (χ4v) is 5.57. The summed E-state index contributed by atoms with van der Waals surface area (Å²) in [4.78, 5) is 18.0. The molecule has 2 heterocycles. The molecule has 0 bridgehead atoms. The number of hydrogen-bond donors (Lipinski definition) is 2. The lowest BCUT2D eigenvalue weighted by molar-refractivity contribution is 0.0816. The van der Waals surface area contributed by atoms with Crippen LogP contribution in [0, 0.1) is 0 Å². The van der Waals surface area contributed by atoms with Crippen molar-refractivity contribution in [2.75, 3.05) is 7.05 Å². The van der Waals surface area contributed by atoms with Crippen molar-refractivity contribution in [1.82, 2.24) is 15.2 Å². The molecule has 2 N–H and O–H groups in total. The highest BCUT2D eigenvalue weighted by Gasteiger charge is 2.27. The number of aromatic nitrogens is 1. The molecule has 0 fully saturated rings. The van der Waals surface area contributed by atoms with E-state index < -0.39 is 0 Å². The van der Waals surface area contributed by atoms with E-state index in [9.17, 15) is 4.79 Å². The van der Waals surface area contributed by atoms with Gasteiger partial charge in [0.2, 0.25) is 0 Å². The molecule has 0 saturated carbocycles. The van der Waals surface area contributed by atoms with E-state index in [1.165, 1.54) is 39.7 Å². The van der Waals surface area contributed by atoms with Crippen LogP contribution in [0.1, 0.15) is 64.6 Å². The second-order valence-corrected chi connectivity index (χ2v) is 9.55. The van der Waals surface area contributed by atoms with Crippen LogP contribution in [-0.2, 0) is 13.0 Å². The lowest BCUT2D eigenvalue weighted by atomic mass is 9.90. The molecule has 0 radical (unpaired) electrons. The predicted molar refractivity (Wildman–Crippen MR) is 133 cm³/mol. The molecule has 3 aromatic carbocycles. The molecule has 166 valence electrons. The van der Waals surface area contributed by atoms with Crippen molar-refractivity contribution in [3.8, 4) is 11.1 Å². The zero-order valence-electron chi connectivity index (χ0n) is 19.2. The van der Waals surface area contributed by atoms with Crippen LogP contribution < -0.4 is 5.32 Å². The smallest absolute Gasteiger partial charge is 0.254 e. The van der Waals surface area contributed by atoms with Gasteiger partial charge in [-0.3, -0.25) is 4.79 Å². The van der Waals surface area contributed by atoms with Crippen LogP contribution >= 0.6 is 0 Å². The number of benzene rings is 3. The third kappa shape index (κ3) is 3.46. The van der Waals surface area contributed by atoms with Gasteiger partial charge in [-0.25, -0.2) is 0 Å². The SMILES string of the molecule is CC(NC1CCCc2c1[nH]c1ccc(-c3ccc4c(c3)C(=O)N(C)C4)cc21)c1ccccc1. The van der Waals surface area contributed by atoms with E-state index in [1.807, 2.05) is 7.05 Å². The number of carbonyl (C=O) groups is 1. The molecule has 2 unspecified atom stereocenters. The zero-order chi connectivity index (χ0) is 22.5. The van der Waals surface area contributed by atoms with Crippen LogP contribution in [0.25, 0.3) is 22.0 Å². The number of amides is 1. The van der Waals surface area contributed by atoms with Gasteiger partial charge in [-0.15, -0.1) is 0 Å². The number of rotatable bonds is 4. The maximum atomic E-state index is 12.5. The van der Waals surface area contributed by atoms with E-state index in [0.717, 1.165) is 29.5 Å². The average molecular weight is 436 g/mol. The number of nitrogens with one attached hydrogen (secondary N) is 2. The maximum Gasteiger partial charge on any atom is 0.254 e. The van der Waals surface area contributed by atoms with Crippen molar-refractivity contribution in [2.45, 2.75) is 44.8 Å². The summed E-state index contributed by atoms with van der Waals surface area (Å²) in [6.45, 7) is 2.95. The summed E-state index contributed by atoms with van der Waals surface area (Å²) in [6.07, 6.45) is 3.43. The first-order valence-corrected chi connectivity index (χ1v) is 11.9. The van der Waals surface area contributed by atoms with Gasteiger partial charge in [0.25, 0.3) is 5.91 Å². The molecule has 0 spiro atoms. The number of carbonyl (C=O) groups excluding carboxylic acids is 1. The van der Waals surface area contributed by atoms with Crippen molar-refractivity contribution < 1.29 is 4.79 Å². The molecule has 2 aliphatic rings. The molecule has 1 aliphatic heterocycles. The Balaban J connectivity index is 1.34. The van der Waals surface area contributed by atoms with E-state index in [0.29, 0.717) is 18.6 Å². The highest BCUT2D eigenvalue weighted by atomic mass is 16.2. The van der Waals surface area contributed by atoms with Gasteiger partial charge in [-0.05, 0) is 72.2 Å². The number of aryl methyl sites for hydroxylation is 1. The third-order valence-electron chi connectivity index (χ3n) is 7.39. The molecule has 4 aromatic rings. The van der Waals surface area contributed by atoms with Crippen molar-refractivity contribution in [3.05, 3.63) is 94.7 Å². The summed E-state index contributed by atoms with van der Waals surface area (Å²) in [6, 6.07) is 24.3. The Morgan fingerprint density at radius 3 is 2.67 bits per heavy atom. The summed E-state index contributed by atoms with van der Waals surface area (Å²) < 4.78 is 0. The summed E-state index contributed by atoms with van der Waals surface area (Å²) in [5, 5.41) is 5.17. The van der Waals surface area contributed by atoms with E-state index in [-0.39, 0.29) is 5.91 Å². The third-order valence-corrected chi connectivity index (χ3v) is 7.39. The Hall–Kier alpha value is -3.37. The Morgan fingerprint density at radius 1 is 1.03 bits per heavy atom. The minimum absolute atomic E-state index is 0.119. The normalized spacial score (nSPS) is 18.4. The van der Waals surface area contributed by atoms with Gasteiger partial charge < -0.3 is 15.2 Å². The first kappa shape index (κ1) is 20.3. The van der Waals surface area contributed by atoms with Gasteiger partial charge in [-0.1, -0.05) is 48.5 Å². The van der Waals surface area contributed by atoms with Gasteiger partial charge in [0.05, 0.1) is 0 Å². The number of nitrogens with zero attached hydrogens (tertiary/aromatic N) is 1. The minimum Gasteiger partial charge on any atom is -0.357 e. The largest absolute Gasteiger partial charge is 0.357 e. The first-order valence-electron chi connectivity index (χ1n) is 11.9. The second-order valence-electron chi connectivity index (χ2n) is 9.55. The molecule has 6 rings (SSSR count). The first-order chi connectivity index (χ1) is 16.1. The fraction of sp³-hybridized carbons (Fsp3) is 0.276. The average Bonchev–Trinajstić information content (AvgIpc) is 3.36. The molecule has 1 aliphatic carbocycles. The topological polar surface area (TPSA) is 48.1 Å². The lowest BCUT2D eigenvalue weighted by Gasteiger charge is -2.27. The van der Waals surface area contributed by atoms with Crippen LogP contribution in [-0.4, -0.2) is 22.8 Å². The van der Waals surface area contributed by atoms with E-state index in [2.05, 4.69) is 84.0 Å². The molecule has 33 heavy (non-hydrogen) atoms. The maximum absolute atomic E-state index is 12.5. The van der Waals surface area contributed by atoms with Gasteiger partial charge in [-0.2, -0.15) is 0 Å². The van der Waals surface area contributed by atoms with E-state index >= 15 is 0 Å². The standard InChI is InChI=1S/C29H29N3O/c1-18(19-7-4-3-5-8-19)30-27-10-6-9-23-25-16-21(13-14-26(25)31-28(23)27)20-11-12-22-17-32(2)29(33)24(22)15-20/h3-5,7-8,11-16,18,27,30-31H,6,9-10,17H2,1-2H3. The quantitative estimate of drug-likeness (QED) is 0.404. The fourth-order valence-electron chi connectivity index (χ4n) is 5.57. The van der Waals surface area contributed by atoms with E-state index in [1.54, 1.807) is 4.90 Å². The Labute approximate surface area is 194 Å². The molecule has 1 amide bonds. The zero-order valence-corrected chi connectivity index (χ0v) is 19.2. The number of H-pyrrole nitrogens is 1. The van der Waals surface area contributed by atoms with E-state index in [4.69, 9.17) is 0 Å². The summed E-state index contributed by atoms with van der Waals surface area (Å²) in [7, 11) is 1.86. The molecule has 4 nitrogen and oxygen atoms in total. The van der Waals surface area contributed by atoms with Crippen molar-refractivity contribution in [2.24, 2.45) is 0 Å². The predicted octanol–water partition coefficient (Wildman–Crippen LogP) is 6.15. The highest BCUT2D eigenvalue weighted by Crippen LogP contribution is 2.38. The minimum atomic E-state index is 0.119. The van der Waals surface area contributed by atoms with Gasteiger partial charge in [0.15, 0.2) is 0 Å². The van der Waals surface area contributed by atoms with Crippen molar-refractivity contribution in [3.63, 3.8) is 0 Å². The van der Waals surface area contributed by atoms with Crippen molar-refractivity contribution in [1.29, 1.82) is 0 Å². The Bertz CT molecular complexity index is 1350. The van der Waals surface area contributed by atoms with Crippen LogP contribution in [0.4, 0.5) is 0 Å². The number of fused-ring (bicyclic) bond motifs is 4. The Morgan fingerprint density at radius 2 is 1.82 bits per heavy atom. The summed E-state index contributed by atoms with van der Waals surface area (Å²) in [5.41, 5.74) is 9.52. The van der Waals surface area contributed by atoms with Crippen LogP contribution in [0.3, 0.4) is 0 Å². The van der Waals surface area contributed by atoms with Crippen LogP contribution in [0.2, 0.25) is 0 Å². The van der Waals surface area contributed by atoms with Crippen LogP contribution in [0.5, 0.6) is 0 Å². The summed E-state index contributed by atoms with van der Waals surface area (Å²) in [5.74, 6) is 0.119. The Kier molecular flexibility index (Phi) is 4.84. The molecular weight excluding hydrogens is 406 g/mol.